The topological polar surface area (TPSA) is 92.4 Å². The first-order chi connectivity index (χ1) is 9.09. The minimum atomic E-state index is -3.36. The molecule has 0 aliphatic carbocycles. The van der Waals surface area contributed by atoms with Gasteiger partial charge < -0.3 is 10.8 Å². The first-order valence-corrected chi connectivity index (χ1v) is 8.25. The molecule has 0 heterocycles. The van der Waals surface area contributed by atoms with Gasteiger partial charge in [-0.1, -0.05) is 32.9 Å². The van der Waals surface area contributed by atoms with Crippen LogP contribution < -0.4 is 10.5 Å². The van der Waals surface area contributed by atoms with Crippen molar-refractivity contribution in [2.24, 2.45) is 5.41 Å². The maximum absolute atomic E-state index is 11.8. The molecule has 1 atom stereocenters. The van der Waals surface area contributed by atoms with Crippen LogP contribution in [0.3, 0.4) is 0 Å². The van der Waals surface area contributed by atoms with E-state index in [-0.39, 0.29) is 17.7 Å². The molecule has 0 aromatic heterocycles. The number of rotatable bonds is 6. The van der Waals surface area contributed by atoms with Crippen molar-refractivity contribution < 1.29 is 13.5 Å². The number of hydrogen-bond donors (Lipinski definition) is 3. The van der Waals surface area contributed by atoms with Crippen LogP contribution in [0.2, 0.25) is 0 Å². The molecule has 20 heavy (non-hydrogen) atoms. The molecule has 0 saturated heterocycles. The summed E-state index contributed by atoms with van der Waals surface area (Å²) in [6, 6.07) is 6.71. The number of benzene rings is 1. The zero-order valence-electron chi connectivity index (χ0n) is 12.3. The summed E-state index contributed by atoms with van der Waals surface area (Å²) in [5.74, 6) is 0.0605. The number of nitrogens with one attached hydrogen (secondary N) is 1. The van der Waals surface area contributed by atoms with E-state index in [1.807, 2.05) is 20.8 Å². The van der Waals surface area contributed by atoms with E-state index < -0.39 is 16.1 Å². The summed E-state index contributed by atoms with van der Waals surface area (Å²) >= 11 is 0. The average Bonchev–Trinajstić information content (AvgIpc) is 2.34. The molecule has 4 N–H and O–H groups in total. The number of aliphatic hydroxyl groups excluding tert-OH is 1. The fourth-order valence-corrected chi connectivity index (χ4v) is 2.99. The minimum absolute atomic E-state index is 0.0314. The van der Waals surface area contributed by atoms with Gasteiger partial charge in [0.2, 0.25) is 10.0 Å². The molecular formula is C14H24N2O3S. The quantitative estimate of drug-likeness (QED) is 0.697. The van der Waals surface area contributed by atoms with Crippen molar-refractivity contribution >= 4 is 15.7 Å². The zero-order chi connectivity index (χ0) is 15.4. The molecule has 0 radical (unpaired) electrons. The Bertz CT molecular complexity index is 518. The normalized spacial score (nSPS) is 14.2. The van der Waals surface area contributed by atoms with Crippen LogP contribution in [-0.2, 0) is 10.0 Å². The van der Waals surface area contributed by atoms with Crippen molar-refractivity contribution in [1.29, 1.82) is 0 Å². The lowest BCUT2D eigenvalue weighted by atomic mass is 9.94. The molecule has 0 spiro atoms. The Morgan fingerprint density at radius 3 is 2.30 bits per heavy atom. The lowest BCUT2D eigenvalue weighted by Crippen LogP contribution is -2.31. The van der Waals surface area contributed by atoms with Crippen molar-refractivity contribution in [2.75, 3.05) is 18.0 Å². The largest absolute Gasteiger partial charge is 0.399 e. The van der Waals surface area contributed by atoms with Gasteiger partial charge in [0, 0.05) is 12.2 Å². The van der Waals surface area contributed by atoms with Crippen LogP contribution in [0.1, 0.15) is 38.9 Å². The van der Waals surface area contributed by atoms with Gasteiger partial charge in [0.05, 0.1) is 11.9 Å². The van der Waals surface area contributed by atoms with Crippen molar-refractivity contribution in [2.45, 2.75) is 33.3 Å². The maximum Gasteiger partial charge on any atom is 0.211 e. The number of nitrogen functional groups attached to an aromatic ring is 1. The fourth-order valence-electron chi connectivity index (χ4n) is 1.55. The second kappa shape index (κ2) is 6.56. The van der Waals surface area contributed by atoms with Gasteiger partial charge in [0.1, 0.15) is 0 Å². The fraction of sp³-hybridized carbons (Fsp3) is 0.571. The van der Waals surface area contributed by atoms with Gasteiger partial charge in [0.25, 0.3) is 0 Å². The van der Waals surface area contributed by atoms with Crippen LogP contribution in [0.5, 0.6) is 0 Å². The summed E-state index contributed by atoms with van der Waals surface area (Å²) in [5.41, 5.74) is 6.76. The zero-order valence-corrected chi connectivity index (χ0v) is 13.1. The minimum Gasteiger partial charge on any atom is -0.399 e. The molecule has 1 aromatic carbocycles. The molecule has 114 valence electrons. The Morgan fingerprint density at radius 1 is 1.25 bits per heavy atom. The van der Waals surface area contributed by atoms with E-state index in [4.69, 9.17) is 5.73 Å². The highest BCUT2D eigenvalue weighted by Crippen LogP contribution is 2.19. The number of anilines is 1. The third-order valence-electron chi connectivity index (χ3n) is 2.94. The van der Waals surface area contributed by atoms with Crippen LogP contribution in [0, 0.1) is 5.41 Å². The van der Waals surface area contributed by atoms with E-state index in [1.54, 1.807) is 24.3 Å². The lowest BCUT2D eigenvalue weighted by Gasteiger charge is -2.18. The molecule has 0 bridgehead atoms. The molecule has 6 heteroatoms. The van der Waals surface area contributed by atoms with Gasteiger partial charge in [-0.15, -0.1) is 0 Å². The van der Waals surface area contributed by atoms with Crippen molar-refractivity contribution in [3.63, 3.8) is 0 Å². The Hall–Kier alpha value is -1.11. The summed E-state index contributed by atoms with van der Waals surface area (Å²) in [6.07, 6.45) is -0.305. The van der Waals surface area contributed by atoms with Gasteiger partial charge in [-0.25, -0.2) is 13.1 Å². The molecule has 1 unspecified atom stereocenters. The highest BCUT2D eigenvalue weighted by atomic mass is 32.2. The van der Waals surface area contributed by atoms with E-state index >= 15 is 0 Å². The summed E-state index contributed by atoms with van der Waals surface area (Å²) < 4.78 is 26.1. The lowest BCUT2D eigenvalue weighted by molar-refractivity contribution is 0.182. The van der Waals surface area contributed by atoms with E-state index in [0.717, 1.165) is 0 Å². The van der Waals surface area contributed by atoms with Crippen molar-refractivity contribution in [3.05, 3.63) is 29.8 Å². The maximum atomic E-state index is 11.8. The molecule has 1 rings (SSSR count). The predicted molar refractivity (Wildman–Crippen MR) is 81.7 cm³/mol. The Kier molecular flexibility index (Phi) is 5.56. The highest BCUT2D eigenvalue weighted by molar-refractivity contribution is 7.89. The van der Waals surface area contributed by atoms with E-state index in [9.17, 15) is 13.5 Å². The molecule has 0 amide bonds. The Morgan fingerprint density at radius 2 is 1.80 bits per heavy atom. The third kappa shape index (κ3) is 6.36. The number of nitrogens with two attached hydrogens (primary N) is 1. The van der Waals surface area contributed by atoms with Gasteiger partial charge in [0.15, 0.2) is 0 Å². The molecule has 0 aliphatic rings. The van der Waals surface area contributed by atoms with Crippen molar-refractivity contribution in [3.8, 4) is 0 Å². The molecule has 0 fully saturated rings. The molecule has 0 saturated carbocycles. The summed E-state index contributed by atoms with van der Waals surface area (Å²) in [5, 5.41) is 9.94. The number of sulfonamides is 1. The van der Waals surface area contributed by atoms with Crippen molar-refractivity contribution in [1.82, 2.24) is 4.72 Å². The van der Waals surface area contributed by atoms with Gasteiger partial charge in [-0.05, 0) is 29.5 Å². The number of aliphatic hydroxyl groups is 1. The second-order valence-electron chi connectivity index (χ2n) is 6.16. The van der Waals surface area contributed by atoms with E-state index in [2.05, 4.69) is 4.72 Å². The van der Waals surface area contributed by atoms with Crippen LogP contribution in [0.4, 0.5) is 5.69 Å². The van der Waals surface area contributed by atoms with Crippen LogP contribution >= 0.6 is 0 Å². The van der Waals surface area contributed by atoms with Gasteiger partial charge >= 0.3 is 0 Å². The Labute approximate surface area is 121 Å². The standard InChI is InChI=1S/C14H24N2O3S/c1-14(2,3)8-9-20(18,19)16-10-13(17)11-4-6-12(15)7-5-11/h4-7,13,16-17H,8-10,15H2,1-3H3. The van der Waals surface area contributed by atoms with Crippen LogP contribution in [-0.4, -0.2) is 25.8 Å². The van der Waals surface area contributed by atoms with Gasteiger partial charge in [-0.3, -0.25) is 0 Å². The van der Waals surface area contributed by atoms with Gasteiger partial charge in [-0.2, -0.15) is 0 Å². The summed E-state index contributed by atoms with van der Waals surface area (Å²) in [7, 11) is -3.36. The first kappa shape index (κ1) is 16.9. The van der Waals surface area contributed by atoms with Crippen LogP contribution in [0.25, 0.3) is 0 Å². The monoisotopic (exact) mass is 300 g/mol. The highest BCUT2D eigenvalue weighted by Gasteiger charge is 2.18. The second-order valence-corrected chi connectivity index (χ2v) is 8.09. The molecule has 5 nitrogen and oxygen atoms in total. The summed E-state index contributed by atoms with van der Waals surface area (Å²) in [6.45, 7) is 5.94. The SMILES string of the molecule is CC(C)(C)CCS(=O)(=O)NCC(O)c1ccc(N)cc1. The summed E-state index contributed by atoms with van der Waals surface area (Å²) in [4.78, 5) is 0. The van der Waals surface area contributed by atoms with Crippen LogP contribution in [0.15, 0.2) is 24.3 Å². The molecular weight excluding hydrogens is 276 g/mol. The first-order valence-electron chi connectivity index (χ1n) is 6.60. The average molecular weight is 300 g/mol. The van der Waals surface area contributed by atoms with E-state index in [0.29, 0.717) is 17.7 Å². The number of hydrogen-bond acceptors (Lipinski definition) is 4. The predicted octanol–water partition coefficient (Wildman–Crippen LogP) is 1.66. The molecule has 1 aromatic rings. The Balaban J connectivity index is 2.51. The van der Waals surface area contributed by atoms with E-state index in [1.165, 1.54) is 0 Å². The smallest absolute Gasteiger partial charge is 0.211 e. The third-order valence-corrected chi connectivity index (χ3v) is 4.29. The molecule has 0 aliphatic heterocycles.